The Bertz CT molecular complexity index is 493. The summed E-state index contributed by atoms with van der Waals surface area (Å²) in [6.45, 7) is 8.96. The van der Waals surface area contributed by atoms with Crippen molar-refractivity contribution in [2.75, 3.05) is 26.7 Å². The van der Waals surface area contributed by atoms with E-state index in [9.17, 15) is 0 Å². The Hall–Kier alpha value is -1.55. The van der Waals surface area contributed by atoms with E-state index in [1.54, 1.807) is 0 Å². The van der Waals surface area contributed by atoms with Gasteiger partial charge in [0, 0.05) is 33.3 Å². The number of rotatable bonds is 6. The van der Waals surface area contributed by atoms with Gasteiger partial charge in [0.25, 0.3) is 0 Å². The molecule has 1 fully saturated rings. The molecule has 0 atom stereocenters. The van der Waals surface area contributed by atoms with Crippen LogP contribution in [0, 0.1) is 5.92 Å². The van der Waals surface area contributed by atoms with Gasteiger partial charge in [-0.2, -0.15) is 0 Å². The van der Waals surface area contributed by atoms with Crippen LogP contribution in [-0.2, 0) is 17.9 Å². The van der Waals surface area contributed by atoms with Gasteiger partial charge in [-0.1, -0.05) is 38.1 Å². The second-order valence-electron chi connectivity index (χ2n) is 6.39. The lowest BCUT2D eigenvalue weighted by Gasteiger charge is -2.33. The molecule has 0 aromatic heterocycles. The van der Waals surface area contributed by atoms with Gasteiger partial charge in [-0.15, -0.1) is 0 Å². The van der Waals surface area contributed by atoms with Gasteiger partial charge in [-0.05, 0) is 36.3 Å². The molecular formula is C19H31N3O. The van der Waals surface area contributed by atoms with Crippen LogP contribution in [0.25, 0.3) is 0 Å². The van der Waals surface area contributed by atoms with Gasteiger partial charge in [0.15, 0.2) is 5.96 Å². The first-order valence-corrected chi connectivity index (χ1v) is 8.84. The van der Waals surface area contributed by atoms with Crippen molar-refractivity contribution >= 4 is 5.96 Å². The van der Waals surface area contributed by atoms with Crippen LogP contribution in [0.15, 0.2) is 29.3 Å². The molecule has 1 aliphatic heterocycles. The monoisotopic (exact) mass is 317 g/mol. The van der Waals surface area contributed by atoms with Crippen LogP contribution in [0.5, 0.6) is 0 Å². The molecule has 23 heavy (non-hydrogen) atoms. The molecule has 1 aromatic carbocycles. The molecule has 1 saturated heterocycles. The standard InChI is InChI=1S/C19H31N3O/c1-4-13-23-15-18-8-6-5-7-17(18)14-21-19(20-3)22-11-9-16(2)10-12-22/h5-8,16H,4,9-15H2,1-3H3,(H,20,21). The van der Waals surface area contributed by atoms with E-state index < -0.39 is 0 Å². The molecule has 1 aromatic rings. The molecule has 0 amide bonds. The van der Waals surface area contributed by atoms with Crippen LogP contribution in [0.3, 0.4) is 0 Å². The Balaban J connectivity index is 1.91. The second-order valence-corrected chi connectivity index (χ2v) is 6.39. The largest absolute Gasteiger partial charge is 0.377 e. The maximum Gasteiger partial charge on any atom is 0.193 e. The number of piperidine rings is 1. The van der Waals surface area contributed by atoms with Crippen LogP contribution < -0.4 is 5.32 Å². The van der Waals surface area contributed by atoms with Gasteiger partial charge in [-0.3, -0.25) is 4.99 Å². The first-order chi connectivity index (χ1) is 11.2. The van der Waals surface area contributed by atoms with Gasteiger partial charge >= 0.3 is 0 Å². The Morgan fingerprint density at radius 1 is 1.26 bits per heavy atom. The van der Waals surface area contributed by atoms with E-state index in [0.717, 1.165) is 44.5 Å². The zero-order chi connectivity index (χ0) is 16.5. The molecule has 0 saturated carbocycles. The Kier molecular flexibility index (Phi) is 7.40. The third-order valence-electron chi connectivity index (χ3n) is 4.46. The summed E-state index contributed by atoms with van der Waals surface area (Å²) < 4.78 is 5.70. The summed E-state index contributed by atoms with van der Waals surface area (Å²) in [6, 6.07) is 8.49. The summed E-state index contributed by atoms with van der Waals surface area (Å²) in [5, 5.41) is 3.52. The van der Waals surface area contributed by atoms with Crippen molar-refractivity contribution in [1.29, 1.82) is 0 Å². The van der Waals surface area contributed by atoms with Crippen LogP contribution in [-0.4, -0.2) is 37.6 Å². The first-order valence-electron chi connectivity index (χ1n) is 8.84. The zero-order valence-corrected chi connectivity index (χ0v) is 14.8. The maximum atomic E-state index is 5.70. The minimum atomic E-state index is 0.686. The number of aliphatic imine (C=N–C) groups is 1. The van der Waals surface area contributed by atoms with Crippen molar-refractivity contribution in [1.82, 2.24) is 10.2 Å². The molecule has 0 aliphatic carbocycles. The van der Waals surface area contributed by atoms with E-state index >= 15 is 0 Å². The third kappa shape index (κ3) is 5.54. The van der Waals surface area contributed by atoms with Crippen molar-refractivity contribution in [2.24, 2.45) is 10.9 Å². The van der Waals surface area contributed by atoms with Crippen molar-refractivity contribution in [3.8, 4) is 0 Å². The van der Waals surface area contributed by atoms with Gasteiger partial charge in [0.1, 0.15) is 0 Å². The number of ether oxygens (including phenoxy) is 1. The lowest BCUT2D eigenvalue weighted by atomic mass is 9.99. The number of hydrogen-bond acceptors (Lipinski definition) is 2. The number of nitrogens with zero attached hydrogens (tertiary/aromatic N) is 2. The maximum absolute atomic E-state index is 5.70. The molecule has 0 unspecified atom stereocenters. The number of likely N-dealkylation sites (tertiary alicyclic amines) is 1. The Labute approximate surface area is 140 Å². The van der Waals surface area contributed by atoms with Gasteiger partial charge < -0.3 is 15.0 Å². The minimum absolute atomic E-state index is 0.686. The molecule has 0 spiro atoms. The van der Waals surface area contributed by atoms with Crippen molar-refractivity contribution in [3.63, 3.8) is 0 Å². The average Bonchev–Trinajstić information content (AvgIpc) is 2.58. The van der Waals surface area contributed by atoms with Crippen LogP contribution in [0.2, 0.25) is 0 Å². The number of hydrogen-bond donors (Lipinski definition) is 1. The topological polar surface area (TPSA) is 36.9 Å². The summed E-state index contributed by atoms with van der Waals surface area (Å²) in [6.07, 6.45) is 3.56. The fourth-order valence-electron chi connectivity index (χ4n) is 2.92. The van der Waals surface area contributed by atoms with Crippen LogP contribution >= 0.6 is 0 Å². The normalized spacial score (nSPS) is 16.7. The predicted molar refractivity (Wildman–Crippen MR) is 96.6 cm³/mol. The molecule has 0 bridgehead atoms. The lowest BCUT2D eigenvalue weighted by Crippen LogP contribution is -2.45. The smallest absolute Gasteiger partial charge is 0.193 e. The predicted octanol–water partition coefficient (Wildman–Crippen LogP) is 3.42. The van der Waals surface area contributed by atoms with E-state index in [1.807, 2.05) is 7.05 Å². The first kappa shape index (κ1) is 17.8. The summed E-state index contributed by atoms with van der Waals surface area (Å²) in [4.78, 5) is 6.83. The molecule has 1 heterocycles. The fourth-order valence-corrected chi connectivity index (χ4v) is 2.92. The van der Waals surface area contributed by atoms with E-state index in [1.165, 1.54) is 24.0 Å². The molecule has 1 N–H and O–H groups in total. The second kappa shape index (κ2) is 9.56. The van der Waals surface area contributed by atoms with Crippen molar-refractivity contribution < 1.29 is 4.74 Å². The summed E-state index contributed by atoms with van der Waals surface area (Å²) in [5.41, 5.74) is 2.55. The van der Waals surface area contributed by atoms with Crippen molar-refractivity contribution in [3.05, 3.63) is 35.4 Å². The van der Waals surface area contributed by atoms with E-state index in [2.05, 4.69) is 53.3 Å². The highest BCUT2D eigenvalue weighted by molar-refractivity contribution is 5.80. The third-order valence-corrected chi connectivity index (χ3v) is 4.46. The highest BCUT2D eigenvalue weighted by atomic mass is 16.5. The number of nitrogens with one attached hydrogen (secondary N) is 1. The number of guanidine groups is 1. The summed E-state index contributed by atoms with van der Waals surface area (Å²) in [7, 11) is 1.87. The Morgan fingerprint density at radius 3 is 2.61 bits per heavy atom. The molecule has 4 heteroatoms. The quantitative estimate of drug-likeness (QED) is 0.496. The van der Waals surface area contributed by atoms with Crippen molar-refractivity contribution in [2.45, 2.75) is 46.3 Å². The van der Waals surface area contributed by atoms with Crippen LogP contribution in [0.1, 0.15) is 44.2 Å². The van der Waals surface area contributed by atoms with E-state index in [0.29, 0.717) is 6.61 Å². The van der Waals surface area contributed by atoms with Gasteiger partial charge in [0.2, 0.25) is 0 Å². The summed E-state index contributed by atoms with van der Waals surface area (Å²) >= 11 is 0. The minimum Gasteiger partial charge on any atom is -0.377 e. The fraction of sp³-hybridized carbons (Fsp3) is 0.632. The average molecular weight is 317 g/mol. The van der Waals surface area contributed by atoms with E-state index in [-0.39, 0.29) is 0 Å². The van der Waals surface area contributed by atoms with Gasteiger partial charge in [0.05, 0.1) is 6.61 Å². The number of benzene rings is 1. The SMILES string of the molecule is CCCOCc1ccccc1CNC(=NC)N1CCC(C)CC1. The summed E-state index contributed by atoms with van der Waals surface area (Å²) in [5.74, 6) is 1.85. The highest BCUT2D eigenvalue weighted by Gasteiger charge is 2.18. The molecule has 4 nitrogen and oxygen atoms in total. The molecule has 2 rings (SSSR count). The molecule has 1 aliphatic rings. The lowest BCUT2D eigenvalue weighted by molar-refractivity contribution is 0.121. The van der Waals surface area contributed by atoms with Crippen LogP contribution in [0.4, 0.5) is 0 Å². The zero-order valence-electron chi connectivity index (χ0n) is 14.8. The highest BCUT2D eigenvalue weighted by Crippen LogP contribution is 2.16. The van der Waals surface area contributed by atoms with Gasteiger partial charge in [-0.25, -0.2) is 0 Å². The molecule has 0 radical (unpaired) electrons. The molecular weight excluding hydrogens is 286 g/mol. The Morgan fingerprint density at radius 2 is 1.96 bits per heavy atom. The van der Waals surface area contributed by atoms with E-state index in [4.69, 9.17) is 4.74 Å². The molecule has 128 valence electrons.